The summed E-state index contributed by atoms with van der Waals surface area (Å²) in [5.74, 6) is 0.358. The zero-order valence-electron chi connectivity index (χ0n) is 13.6. The van der Waals surface area contributed by atoms with Gasteiger partial charge in [-0.3, -0.25) is 0 Å². The molecule has 0 fully saturated rings. The van der Waals surface area contributed by atoms with E-state index in [1.807, 2.05) is 30.3 Å². The van der Waals surface area contributed by atoms with Crippen LogP contribution in [-0.2, 0) is 12.2 Å². The molecule has 0 aliphatic heterocycles. The van der Waals surface area contributed by atoms with Gasteiger partial charge in [-0.2, -0.15) is 5.26 Å². The van der Waals surface area contributed by atoms with Gasteiger partial charge in [-0.25, -0.2) is 14.4 Å². The second kappa shape index (κ2) is 8.17. The van der Waals surface area contributed by atoms with Gasteiger partial charge in [0.15, 0.2) is 5.16 Å². The van der Waals surface area contributed by atoms with Gasteiger partial charge < -0.3 is 5.73 Å². The van der Waals surface area contributed by atoms with Crippen LogP contribution in [-0.4, -0.2) is 9.97 Å². The van der Waals surface area contributed by atoms with Gasteiger partial charge in [0.2, 0.25) is 0 Å². The van der Waals surface area contributed by atoms with Gasteiger partial charge in [-0.05, 0) is 29.3 Å². The monoisotopic (exact) mass is 384 g/mol. The highest BCUT2D eigenvalue weighted by atomic mass is 35.5. The van der Waals surface area contributed by atoms with Gasteiger partial charge in [0.1, 0.15) is 23.3 Å². The van der Waals surface area contributed by atoms with E-state index in [4.69, 9.17) is 17.3 Å². The van der Waals surface area contributed by atoms with Crippen molar-refractivity contribution in [1.29, 1.82) is 5.26 Å². The van der Waals surface area contributed by atoms with E-state index in [1.165, 1.54) is 23.9 Å². The van der Waals surface area contributed by atoms with Gasteiger partial charge in [-0.1, -0.05) is 53.7 Å². The highest BCUT2D eigenvalue weighted by Crippen LogP contribution is 2.27. The van der Waals surface area contributed by atoms with Crippen molar-refractivity contribution >= 4 is 29.2 Å². The molecule has 3 rings (SSSR count). The third-order valence-electron chi connectivity index (χ3n) is 3.68. The molecule has 130 valence electrons. The van der Waals surface area contributed by atoms with Crippen LogP contribution in [0, 0.1) is 17.1 Å². The third-order valence-corrected chi connectivity index (χ3v) is 4.94. The largest absolute Gasteiger partial charge is 0.382 e. The highest BCUT2D eigenvalue weighted by Gasteiger charge is 2.14. The molecule has 1 heterocycles. The number of anilines is 1. The maximum Gasteiger partial charge on any atom is 0.190 e. The van der Waals surface area contributed by atoms with Gasteiger partial charge in [0, 0.05) is 17.2 Å². The summed E-state index contributed by atoms with van der Waals surface area (Å²) < 4.78 is 13.4. The molecule has 2 N–H and O–H groups in total. The molecule has 7 heteroatoms. The molecule has 2 aromatic carbocycles. The Kier molecular flexibility index (Phi) is 5.71. The zero-order valence-corrected chi connectivity index (χ0v) is 15.2. The Hall–Kier alpha value is -2.62. The summed E-state index contributed by atoms with van der Waals surface area (Å²) in [5, 5.41) is 10.5. The number of nitrogen functional groups attached to an aromatic ring is 1. The smallest absolute Gasteiger partial charge is 0.190 e. The lowest BCUT2D eigenvalue weighted by molar-refractivity contribution is 0.626. The molecule has 0 aliphatic rings. The minimum atomic E-state index is -0.337. The molecule has 0 aliphatic carbocycles. The van der Waals surface area contributed by atoms with Gasteiger partial charge >= 0.3 is 0 Å². The lowest BCUT2D eigenvalue weighted by atomic mass is 10.1. The summed E-state index contributed by atoms with van der Waals surface area (Å²) in [5.41, 5.74) is 8.29. The fraction of sp³-hybridized carbons (Fsp3) is 0.105. The Morgan fingerprint density at radius 1 is 1.15 bits per heavy atom. The number of benzene rings is 2. The van der Waals surface area contributed by atoms with Crippen molar-refractivity contribution in [2.45, 2.75) is 17.3 Å². The Labute approximate surface area is 159 Å². The average molecular weight is 385 g/mol. The predicted octanol–water partition coefficient (Wildman–Crippen LogP) is 4.61. The Morgan fingerprint density at radius 3 is 2.69 bits per heavy atom. The van der Waals surface area contributed by atoms with Crippen molar-refractivity contribution in [3.63, 3.8) is 0 Å². The quantitative estimate of drug-likeness (QED) is 0.513. The van der Waals surface area contributed by atoms with Crippen molar-refractivity contribution in [3.8, 4) is 6.07 Å². The van der Waals surface area contributed by atoms with Crippen LogP contribution in [0.3, 0.4) is 0 Å². The normalized spacial score (nSPS) is 10.5. The van der Waals surface area contributed by atoms with Crippen LogP contribution in [0.2, 0.25) is 5.02 Å². The number of nitrogens with two attached hydrogens (primary N) is 1. The fourth-order valence-electron chi connectivity index (χ4n) is 2.42. The van der Waals surface area contributed by atoms with E-state index in [1.54, 1.807) is 12.1 Å². The zero-order chi connectivity index (χ0) is 18.5. The number of nitriles is 1. The minimum Gasteiger partial charge on any atom is -0.382 e. The first kappa shape index (κ1) is 18.2. The maximum absolute atomic E-state index is 13.4. The Morgan fingerprint density at radius 2 is 1.96 bits per heavy atom. The second-order valence-corrected chi connectivity index (χ2v) is 6.86. The second-order valence-electron chi connectivity index (χ2n) is 5.51. The average Bonchev–Trinajstić information content (AvgIpc) is 2.61. The number of hydrogen-bond donors (Lipinski definition) is 1. The van der Waals surface area contributed by atoms with Crippen molar-refractivity contribution in [2.75, 3.05) is 5.73 Å². The number of nitrogens with zero attached hydrogens (tertiary/aromatic N) is 3. The molecule has 0 bridgehead atoms. The summed E-state index contributed by atoms with van der Waals surface area (Å²) in [7, 11) is 0. The molecular weight excluding hydrogens is 371 g/mol. The first-order valence-electron chi connectivity index (χ1n) is 7.74. The van der Waals surface area contributed by atoms with Crippen LogP contribution in [0.25, 0.3) is 0 Å². The number of rotatable bonds is 5. The number of thioether (sulfide) groups is 1. The SMILES string of the molecule is N#Cc1c(N)nc(SCc2ccccc2Cl)nc1Cc1cccc(F)c1. The van der Waals surface area contributed by atoms with Crippen molar-refractivity contribution in [3.05, 3.63) is 81.8 Å². The first-order valence-corrected chi connectivity index (χ1v) is 9.10. The van der Waals surface area contributed by atoms with Crippen LogP contribution in [0.4, 0.5) is 10.2 Å². The minimum absolute atomic E-state index is 0.121. The predicted molar refractivity (Wildman–Crippen MR) is 101 cm³/mol. The van der Waals surface area contributed by atoms with E-state index in [0.29, 0.717) is 33.6 Å². The topological polar surface area (TPSA) is 75.6 Å². The lowest BCUT2D eigenvalue weighted by Gasteiger charge is -2.09. The molecule has 1 aromatic heterocycles. The Balaban J connectivity index is 1.87. The summed E-state index contributed by atoms with van der Waals surface area (Å²) >= 11 is 7.54. The number of halogens is 2. The van der Waals surface area contributed by atoms with E-state index in [0.717, 1.165) is 5.56 Å². The molecule has 0 unspecified atom stereocenters. The van der Waals surface area contributed by atoms with Crippen molar-refractivity contribution < 1.29 is 4.39 Å². The highest BCUT2D eigenvalue weighted by molar-refractivity contribution is 7.98. The molecule has 0 saturated heterocycles. The molecule has 4 nitrogen and oxygen atoms in total. The summed E-state index contributed by atoms with van der Waals surface area (Å²) in [6, 6.07) is 15.7. The third kappa shape index (κ3) is 4.31. The van der Waals surface area contributed by atoms with E-state index < -0.39 is 0 Å². The van der Waals surface area contributed by atoms with Gasteiger partial charge in [0.05, 0.1) is 5.69 Å². The molecule has 0 radical (unpaired) electrons. The van der Waals surface area contributed by atoms with Crippen LogP contribution >= 0.6 is 23.4 Å². The number of aromatic nitrogens is 2. The van der Waals surface area contributed by atoms with Crippen LogP contribution in [0.15, 0.2) is 53.7 Å². The molecular formula is C19H14ClFN4S. The number of hydrogen-bond acceptors (Lipinski definition) is 5. The molecule has 0 spiro atoms. The fourth-order valence-corrected chi connectivity index (χ4v) is 3.57. The molecule has 0 amide bonds. The molecule has 3 aromatic rings. The molecule has 0 atom stereocenters. The van der Waals surface area contributed by atoms with Gasteiger partial charge in [-0.15, -0.1) is 0 Å². The summed E-state index contributed by atoms with van der Waals surface area (Å²) in [6.07, 6.45) is 0.299. The summed E-state index contributed by atoms with van der Waals surface area (Å²) in [6.45, 7) is 0. The molecule has 0 saturated carbocycles. The Bertz CT molecular complexity index is 988. The maximum atomic E-state index is 13.4. The van der Waals surface area contributed by atoms with Crippen LogP contribution < -0.4 is 5.73 Å². The van der Waals surface area contributed by atoms with Gasteiger partial charge in [0.25, 0.3) is 0 Å². The van der Waals surface area contributed by atoms with E-state index >= 15 is 0 Å². The van der Waals surface area contributed by atoms with Crippen molar-refractivity contribution in [1.82, 2.24) is 9.97 Å². The van der Waals surface area contributed by atoms with E-state index in [-0.39, 0.29) is 17.2 Å². The van der Waals surface area contributed by atoms with Crippen LogP contribution in [0.1, 0.15) is 22.4 Å². The van der Waals surface area contributed by atoms with E-state index in [9.17, 15) is 9.65 Å². The van der Waals surface area contributed by atoms with E-state index in [2.05, 4.69) is 9.97 Å². The standard InChI is InChI=1S/C19H14ClFN4S/c20-16-7-2-1-5-13(16)11-26-19-24-17(15(10-22)18(23)25-19)9-12-4-3-6-14(21)8-12/h1-8H,9,11H2,(H2,23,24,25). The molecule has 26 heavy (non-hydrogen) atoms. The van der Waals surface area contributed by atoms with Crippen LogP contribution in [0.5, 0.6) is 0 Å². The van der Waals surface area contributed by atoms with Crippen molar-refractivity contribution in [2.24, 2.45) is 0 Å². The lowest BCUT2D eigenvalue weighted by Crippen LogP contribution is -2.06. The summed E-state index contributed by atoms with van der Waals surface area (Å²) in [4.78, 5) is 8.66. The first-order chi connectivity index (χ1) is 12.6.